The van der Waals surface area contributed by atoms with E-state index in [4.69, 9.17) is 15.0 Å². The normalized spacial score (nSPS) is 22.0. The summed E-state index contributed by atoms with van der Waals surface area (Å²) in [6.45, 7) is 0.224. The fraction of sp³-hybridized carbons (Fsp3) is 0.368. The van der Waals surface area contributed by atoms with Crippen LogP contribution in [0.4, 0.5) is 5.82 Å². The Balaban J connectivity index is 1.62. The third-order valence-corrected chi connectivity index (χ3v) is 5.29. The number of aliphatic hydroxyl groups is 1. The fourth-order valence-corrected chi connectivity index (χ4v) is 3.61. The van der Waals surface area contributed by atoms with Gasteiger partial charge in [-0.15, -0.1) is 0 Å². The molecule has 4 N–H and O–H groups in total. The van der Waals surface area contributed by atoms with Gasteiger partial charge >= 0.3 is 0 Å². The van der Waals surface area contributed by atoms with Crippen molar-refractivity contribution in [2.45, 2.75) is 31.0 Å². The molecule has 33 heavy (non-hydrogen) atoms. The number of azide groups is 1. The zero-order chi connectivity index (χ0) is 23.5. The summed E-state index contributed by atoms with van der Waals surface area (Å²) in [4.78, 5) is 27.6. The maximum absolute atomic E-state index is 12.2. The lowest BCUT2D eigenvalue weighted by Gasteiger charge is -2.16. The van der Waals surface area contributed by atoms with Gasteiger partial charge < -0.3 is 30.3 Å². The minimum absolute atomic E-state index is 0.0888. The number of aromatic nitrogens is 4. The number of phenolic OH excluding ortho intramolecular Hbond substituents is 1. The first-order chi connectivity index (χ1) is 16.0. The molecule has 14 nitrogen and oxygen atoms in total. The van der Waals surface area contributed by atoms with E-state index in [1.54, 1.807) is 12.1 Å². The van der Waals surface area contributed by atoms with Crippen LogP contribution in [0.15, 0.2) is 36.0 Å². The molecule has 0 saturated carbocycles. The number of aliphatic hydroxyl groups excluding tert-OH is 1. The van der Waals surface area contributed by atoms with Gasteiger partial charge in [-0.2, -0.15) is 0 Å². The molecular weight excluding hydrogens is 434 g/mol. The Morgan fingerprint density at radius 1 is 1.39 bits per heavy atom. The Morgan fingerprint density at radius 3 is 2.94 bits per heavy atom. The molecule has 4 atom stereocenters. The number of hydrogen-bond donors (Lipinski definition) is 4. The highest BCUT2D eigenvalue weighted by atomic mass is 16.5. The molecule has 1 aliphatic heterocycles. The highest BCUT2D eigenvalue weighted by Gasteiger charge is 2.48. The quantitative estimate of drug-likeness (QED) is 0.227. The number of rotatable bonds is 7. The van der Waals surface area contributed by atoms with Crippen molar-refractivity contribution in [1.82, 2.24) is 24.8 Å². The number of amides is 1. The van der Waals surface area contributed by atoms with Gasteiger partial charge in [0.25, 0.3) is 0 Å². The molecule has 1 saturated heterocycles. The van der Waals surface area contributed by atoms with E-state index in [0.717, 1.165) is 0 Å². The largest absolute Gasteiger partial charge is 0.508 e. The number of carbonyl (C=O) groups excluding carboxylic acids is 1. The van der Waals surface area contributed by atoms with Crippen LogP contribution in [0.1, 0.15) is 11.8 Å². The minimum atomic E-state index is -1.32. The molecule has 3 heterocycles. The van der Waals surface area contributed by atoms with E-state index >= 15 is 0 Å². The van der Waals surface area contributed by atoms with Crippen molar-refractivity contribution in [1.29, 1.82) is 0 Å². The molecule has 0 aliphatic carbocycles. The number of anilines is 1. The van der Waals surface area contributed by atoms with Gasteiger partial charge in [0.15, 0.2) is 23.2 Å². The van der Waals surface area contributed by atoms with E-state index in [-0.39, 0.29) is 12.3 Å². The number of hydrogen-bond acceptors (Lipinski definition) is 10. The fourth-order valence-electron chi connectivity index (χ4n) is 3.61. The Bertz CT molecular complexity index is 1230. The molecule has 14 heteroatoms. The number of nitrogens with one attached hydrogen (secondary N) is 2. The number of imidazole rings is 1. The Kier molecular flexibility index (Phi) is 6.13. The molecule has 1 amide bonds. The highest BCUT2D eigenvalue weighted by Crippen LogP contribution is 2.34. The van der Waals surface area contributed by atoms with E-state index in [0.29, 0.717) is 28.3 Å². The second-order valence-corrected chi connectivity index (χ2v) is 7.14. The average Bonchev–Trinajstić information content (AvgIpc) is 3.40. The van der Waals surface area contributed by atoms with Crippen molar-refractivity contribution in [2.24, 2.45) is 5.11 Å². The summed E-state index contributed by atoms with van der Waals surface area (Å²) in [5.41, 5.74) is 10.1. The van der Waals surface area contributed by atoms with Crippen molar-refractivity contribution >= 4 is 22.9 Å². The van der Waals surface area contributed by atoms with Crippen LogP contribution in [0.25, 0.3) is 21.6 Å². The standard InChI is InChI=1S/C19H21N9O5/c1-21-18(31)15-12(26-27-20)14(30)19(33-15)28-8-25-13-16(23-7-24-17(13)28)22-6-9-5-10(32-2)3-4-11(9)29/h3-5,7-8,12,14-15,19,29-30H,6H2,1-2H3,(H,21,31)(H,22,23,24). The summed E-state index contributed by atoms with van der Waals surface area (Å²) in [5, 5.41) is 29.9. The zero-order valence-corrected chi connectivity index (χ0v) is 17.7. The molecule has 0 radical (unpaired) electrons. The molecule has 172 valence electrons. The zero-order valence-electron chi connectivity index (χ0n) is 17.7. The number of aromatic hydroxyl groups is 1. The monoisotopic (exact) mass is 455 g/mol. The third-order valence-electron chi connectivity index (χ3n) is 5.29. The molecule has 1 aromatic carbocycles. The molecule has 4 unspecified atom stereocenters. The van der Waals surface area contributed by atoms with Crippen LogP contribution in [-0.2, 0) is 16.1 Å². The van der Waals surface area contributed by atoms with E-state index < -0.39 is 30.4 Å². The van der Waals surface area contributed by atoms with Crippen molar-refractivity contribution in [3.63, 3.8) is 0 Å². The van der Waals surface area contributed by atoms with Gasteiger partial charge in [0.1, 0.15) is 36.1 Å². The first-order valence-electron chi connectivity index (χ1n) is 9.85. The van der Waals surface area contributed by atoms with Crippen molar-refractivity contribution in [2.75, 3.05) is 19.5 Å². The van der Waals surface area contributed by atoms with Crippen molar-refractivity contribution in [3.05, 3.63) is 46.9 Å². The van der Waals surface area contributed by atoms with E-state index in [1.807, 2.05) is 0 Å². The second kappa shape index (κ2) is 9.16. The van der Waals surface area contributed by atoms with Crippen LogP contribution in [0.3, 0.4) is 0 Å². The van der Waals surface area contributed by atoms with Crippen LogP contribution >= 0.6 is 0 Å². The topological polar surface area (TPSA) is 192 Å². The smallest absolute Gasteiger partial charge is 0.249 e. The van der Waals surface area contributed by atoms with E-state index in [9.17, 15) is 15.0 Å². The van der Waals surface area contributed by atoms with E-state index in [2.05, 4.69) is 35.6 Å². The lowest BCUT2D eigenvalue weighted by atomic mass is 10.1. The molecule has 2 aromatic heterocycles. The summed E-state index contributed by atoms with van der Waals surface area (Å²) in [6, 6.07) is 3.73. The Morgan fingerprint density at radius 2 is 2.21 bits per heavy atom. The van der Waals surface area contributed by atoms with Gasteiger partial charge in [0.2, 0.25) is 5.91 Å². The minimum Gasteiger partial charge on any atom is -0.508 e. The summed E-state index contributed by atoms with van der Waals surface area (Å²) in [5.74, 6) is 0.525. The summed E-state index contributed by atoms with van der Waals surface area (Å²) < 4.78 is 12.4. The molecule has 0 spiro atoms. The first kappa shape index (κ1) is 22.1. The lowest BCUT2D eigenvalue weighted by Crippen LogP contribution is -2.40. The van der Waals surface area contributed by atoms with Gasteiger partial charge in [-0.25, -0.2) is 15.0 Å². The Labute approximate surface area is 186 Å². The van der Waals surface area contributed by atoms with E-state index in [1.165, 1.54) is 37.4 Å². The maximum atomic E-state index is 12.2. The average molecular weight is 455 g/mol. The molecule has 3 aromatic rings. The predicted molar refractivity (Wildman–Crippen MR) is 114 cm³/mol. The van der Waals surface area contributed by atoms with Crippen molar-refractivity contribution < 1.29 is 24.5 Å². The third kappa shape index (κ3) is 4.05. The summed E-state index contributed by atoms with van der Waals surface area (Å²) in [6.07, 6.45) is -0.880. The maximum Gasteiger partial charge on any atom is 0.249 e. The molecule has 0 bridgehead atoms. The number of phenols is 1. The number of benzene rings is 1. The van der Waals surface area contributed by atoms with Crippen LogP contribution < -0.4 is 15.4 Å². The number of nitrogens with zero attached hydrogens (tertiary/aromatic N) is 7. The number of carbonyl (C=O) groups is 1. The van der Waals surface area contributed by atoms with Gasteiger partial charge in [0.05, 0.1) is 13.4 Å². The van der Waals surface area contributed by atoms with Gasteiger partial charge in [0, 0.05) is 24.1 Å². The second-order valence-electron chi connectivity index (χ2n) is 7.14. The molecular formula is C19H21N9O5. The predicted octanol–water partition coefficient (Wildman–Crippen LogP) is 0.836. The number of fused-ring (bicyclic) bond motifs is 1. The Hall–Kier alpha value is -4.13. The van der Waals surface area contributed by atoms with Crippen LogP contribution in [-0.4, -0.2) is 68.0 Å². The SMILES string of the molecule is CNC(=O)C1OC(n2cnc3c(NCc4cc(OC)ccc4O)ncnc32)C(O)C1N=[N+]=[N-]. The molecule has 4 rings (SSSR count). The van der Waals surface area contributed by atoms with Gasteiger partial charge in [-0.1, -0.05) is 5.11 Å². The number of ether oxygens (including phenoxy) is 2. The molecule has 1 fully saturated rings. The molecule has 1 aliphatic rings. The lowest BCUT2D eigenvalue weighted by molar-refractivity contribution is -0.134. The van der Waals surface area contributed by atoms with Crippen molar-refractivity contribution in [3.8, 4) is 11.5 Å². The summed E-state index contributed by atoms with van der Waals surface area (Å²) in [7, 11) is 2.95. The summed E-state index contributed by atoms with van der Waals surface area (Å²) >= 11 is 0. The number of likely N-dealkylation sites (N-methyl/N-ethyl adjacent to an activating group) is 1. The van der Waals surface area contributed by atoms with Crippen LogP contribution in [0.2, 0.25) is 0 Å². The number of methoxy groups -OCH3 is 1. The van der Waals surface area contributed by atoms with Crippen LogP contribution in [0, 0.1) is 0 Å². The first-order valence-corrected chi connectivity index (χ1v) is 9.85. The van der Waals surface area contributed by atoms with Gasteiger partial charge in [-0.05, 0) is 23.7 Å². The highest BCUT2D eigenvalue weighted by molar-refractivity contribution is 5.83. The van der Waals surface area contributed by atoms with Crippen LogP contribution in [0.5, 0.6) is 11.5 Å². The van der Waals surface area contributed by atoms with Gasteiger partial charge in [-0.3, -0.25) is 9.36 Å².